The van der Waals surface area contributed by atoms with Gasteiger partial charge in [0.05, 0.1) is 13.8 Å². The van der Waals surface area contributed by atoms with Crippen molar-refractivity contribution in [3.8, 4) is 11.3 Å². The van der Waals surface area contributed by atoms with Crippen LogP contribution in [-0.2, 0) is 0 Å². The second-order valence-corrected chi connectivity index (χ2v) is 11.0. The Labute approximate surface area is 111 Å². The number of aryl methyl sites for hydroxylation is 2. The molecular formula is C16H21NSi. The van der Waals surface area contributed by atoms with Crippen molar-refractivity contribution in [2.45, 2.75) is 33.5 Å². The Morgan fingerprint density at radius 2 is 1.56 bits per heavy atom. The van der Waals surface area contributed by atoms with Crippen molar-refractivity contribution in [1.29, 1.82) is 0 Å². The summed E-state index contributed by atoms with van der Waals surface area (Å²) < 4.78 is 0. The number of hydrogen-bond donors (Lipinski definition) is 0. The molecule has 1 heterocycles. The summed E-state index contributed by atoms with van der Waals surface area (Å²) in [6.45, 7) is 11.4. The predicted octanol–water partition coefficient (Wildman–Crippen LogP) is 3.91. The van der Waals surface area contributed by atoms with E-state index in [9.17, 15) is 0 Å². The minimum absolute atomic E-state index is 1.08. The molecule has 0 bridgehead atoms. The monoisotopic (exact) mass is 255 g/mol. The van der Waals surface area contributed by atoms with Crippen LogP contribution in [0, 0.1) is 13.8 Å². The van der Waals surface area contributed by atoms with E-state index in [4.69, 9.17) is 0 Å². The molecule has 0 saturated heterocycles. The molecule has 2 aromatic rings. The molecule has 0 saturated carbocycles. The third kappa shape index (κ3) is 2.70. The molecule has 2 heteroatoms. The number of nitrogens with zero attached hydrogens (tertiary/aromatic N) is 1. The molecule has 0 amide bonds. The first-order valence-electron chi connectivity index (χ1n) is 6.42. The van der Waals surface area contributed by atoms with Crippen LogP contribution >= 0.6 is 0 Å². The Bertz CT molecular complexity index is 550. The third-order valence-corrected chi connectivity index (χ3v) is 5.41. The van der Waals surface area contributed by atoms with E-state index in [1.807, 2.05) is 0 Å². The fraction of sp³-hybridized carbons (Fsp3) is 0.312. The van der Waals surface area contributed by atoms with Gasteiger partial charge in [-0.3, -0.25) is 4.98 Å². The molecule has 0 radical (unpaired) electrons. The summed E-state index contributed by atoms with van der Waals surface area (Å²) in [5.41, 5.74) is 4.94. The first kappa shape index (κ1) is 13.0. The Morgan fingerprint density at radius 3 is 2.06 bits per heavy atom. The van der Waals surface area contributed by atoms with Gasteiger partial charge < -0.3 is 0 Å². The van der Waals surface area contributed by atoms with Crippen molar-refractivity contribution in [1.82, 2.24) is 4.98 Å². The maximum Gasteiger partial charge on any atom is 0.0799 e. The number of pyridine rings is 1. The van der Waals surface area contributed by atoms with E-state index in [0.717, 1.165) is 5.69 Å². The standard InChI is InChI=1S/C16H21NSi/c1-12-6-8-14(9-7-12)15-10-13(2)16(11-17-15)18(3,4)5/h6-11H,1-5H3. The molecule has 18 heavy (non-hydrogen) atoms. The minimum Gasteiger partial charge on any atom is -0.256 e. The molecule has 0 aliphatic carbocycles. The fourth-order valence-electron chi connectivity index (χ4n) is 2.22. The largest absolute Gasteiger partial charge is 0.256 e. The molecule has 0 atom stereocenters. The molecular weight excluding hydrogens is 234 g/mol. The lowest BCUT2D eigenvalue weighted by molar-refractivity contribution is 1.30. The summed E-state index contributed by atoms with van der Waals surface area (Å²) in [4.78, 5) is 4.64. The van der Waals surface area contributed by atoms with Crippen LogP contribution in [-0.4, -0.2) is 13.1 Å². The Kier molecular flexibility index (Phi) is 3.40. The second-order valence-electron chi connectivity index (χ2n) is 6.00. The Morgan fingerprint density at radius 1 is 0.944 bits per heavy atom. The zero-order chi connectivity index (χ0) is 13.3. The number of hydrogen-bond acceptors (Lipinski definition) is 1. The first-order chi connectivity index (χ1) is 8.38. The van der Waals surface area contributed by atoms with Crippen LogP contribution in [0.1, 0.15) is 11.1 Å². The van der Waals surface area contributed by atoms with Crippen LogP contribution in [0.3, 0.4) is 0 Å². The lowest BCUT2D eigenvalue weighted by Crippen LogP contribution is -2.39. The first-order valence-corrected chi connectivity index (χ1v) is 9.92. The van der Waals surface area contributed by atoms with E-state index >= 15 is 0 Å². The molecule has 0 spiro atoms. The van der Waals surface area contributed by atoms with Gasteiger partial charge in [-0.05, 0) is 30.7 Å². The lowest BCUT2D eigenvalue weighted by atomic mass is 10.1. The average Bonchev–Trinajstić information content (AvgIpc) is 2.28. The minimum atomic E-state index is -1.27. The Balaban J connectivity index is 2.43. The summed E-state index contributed by atoms with van der Waals surface area (Å²) in [5, 5.41) is 1.46. The van der Waals surface area contributed by atoms with Gasteiger partial charge in [0, 0.05) is 11.8 Å². The zero-order valence-electron chi connectivity index (χ0n) is 11.9. The summed E-state index contributed by atoms with van der Waals surface area (Å²) in [7, 11) is -1.27. The highest BCUT2D eigenvalue weighted by Gasteiger charge is 2.19. The van der Waals surface area contributed by atoms with E-state index < -0.39 is 8.07 Å². The molecule has 1 aromatic carbocycles. The van der Waals surface area contributed by atoms with Gasteiger partial charge in [-0.25, -0.2) is 0 Å². The average molecular weight is 255 g/mol. The maximum absolute atomic E-state index is 4.64. The fourth-order valence-corrected chi connectivity index (χ4v) is 3.93. The quantitative estimate of drug-likeness (QED) is 0.741. The van der Waals surface area contributed by atoms with Gasteiger partial charge in [-0.2, -0.15) is 0 Å². The van der Waals surface area contributed by atoms with Crippen LogP contribution in [0.4, 0.5) is 0 Å². The highest BCUT2D eigenvalue weighted by atomic mass is 28.3. The van der Waals surface area contributed by atoms with E-state index in [2.05, 4.69) is 75.0 Å². The highest BCUT2D eigenvalue weighted by Crippen LogP contribution is 2.18. The van der Waals surface area contributed by atoms with Crippen molar-refractivity contribution in [3.05, 3.63) is 47.7 Å². The molecule has 94 valence electrons. The van der Waals surface area contributed by atoms with Crippen LogP contribution in [0.5, 0.6) is 0 Å². The van der Waals surface area contributed by atoms with Crippen molar-refractivity contribution < 1.29 is 0 Å². The number of aromatic nitrogens is 1. The molecule has 2 rings (SSSR count). The molecule has 0 aliphatic heterocycles. The highest BCUT2D eigenvalue weighted by molar-refractivity contribution is 6.89. The van der Waals surface area contributed by atoms with Gasteiger partial charge >= 0.3 is 0 Å². The SMILES string of the molecule is Cc1ccc(-c2cc(C)c([Si](C)(C)C)cn2)cc1. The molecule has 0 unspecified atom stereocenters. The second kappa shape index (κ2) is 4.69. The summed E-state index contributed by atoms with van der Waals surface area (Å²) in [6, 6.07) is 10.8. The normalized spacial score (nSPS) is 11.6. The van der Waals surface area contributed by atoms with Crippen molar-refractivity contribution in [2.75, 3.05) is 0 Å². The van der Waals surface area contributed by atoms with Crippen molar-refractivity contribution in [2.24, 2.45) is 0 Å². The molecule has 0 fully saturated rings. The van der Waals surface area contributed by atoms with Crippen LogP contribution < -0.4 is 5.19 Å². The van der Waals surface area contributed by atoms with Gasteiger partial charge in [0.15, 0.2) is 0 Å². The van der Waals surface area contributed by atoms with E-state index in [0.29, 0.717) is 0 Å². The summed E-state index contributed by atoms with van der Waals surface area (Å²) in [6.07, 6.45) is 2.08. The number of rotatable bonds is 2. The van der Waals surface area contributed by atoms with E-state index in [1.54, 1.807) is 0 Å². The molecule has 0 N–H and O–H groups in total. The molecule has 1 aromatic heterocycles. The Hall–Kier alpha value is -1.41. The topological polar surface area (TPSA) is 12.9 Å². The zero-order valence-corrected chi connectivity index (χ0v) is 12.9. The maximum atomic E-state index is 4.64. The van der Waals surface area contributed by atoms with Gasteiger partial charge in [-0.1, -0.05) is 49.5 Å². The summed E-state index contributed by atoms with van der Waals surface area (Å²) in [5.74, 6) is 0. The van der Waals surface area contributed by atoms with Crippen molar-refractivity contribution in [3.63, 3.8) is 0 Å². The number of benzene rings is 1. The lowest BCUT2D eigenvalue weighted by Gasteiger charge is -2.19. The van der Waals surface area contributed by atoms with Gasteiger partial charge in [0.1, 0.15) is 0 Å². The van der Waals surface area contributed by atoms with Gasteiger partial charge in [0.25, 0.3) is 0 Å². The van der Waals surface area contributed by atoms with Gasteiger partial charge in [-0.15, -0.1) is 0 Å². The van der Waals surface area contributed by atoms with Crippen molar-refractivity contribution >= 4 is 13.3 Å². The van der Waals surface area contributed by atoms with Crippen LogP contribution in [0.25, 0.3) is 11.3 Å². The van der Waals surface area contributed by atoms with E-state index in [1.165, 1.54) is 21.9 Å². The van der Waals surface area contributed by atoms with E-state index in [-0.39, 0.29) is 0 Å². The molecule has 1 nitrogen and oxygen atoms in total. The van der Waals surface area contributed by atoms with Crippen LogP contribution in [0.15, 0.2) is 36.5 Å². The summed E-state index contributed by atoms with van der Waals surface area (Å²) >= 11 is 0. The smallest absolute Gasteiger partial charge is 0.0799 e. The van der Waals surface area contributed by atoms with Gasteiger partial charge in [0.2, 0.25) is 0 Å². The predicted molar refractivity (Wildman–Crippen MR) is 82.1 cm³/mol. The third-order valence-electron chi connectivity index (χ3n) is 3.27. The molecule has 0 aliphatic rings. The van der Waals surface area contributed by atoms with Crippen LogP contribution in [0.2, 0.25) is 19.6 Å².